The molecule has 0 aromatic carbocycles. The third kappa shape index (κ3) is 1.71. The summed E-state index contributed by atoms with van der Waals surface area (Å²) >= 11 is 0. The fraction of sp³-hybridized carbons (Fsp3) is 0.200. The highest BCUT2D eigenvalue weighted by Gasteiger charge is 2.20. The second kappa shape index (κ2) is 3.85. The minimum absolute atomic E-state index is 0.0561. The van der Waals surface area contributed by atoms with Crippen LogP contribution in [0.4, 0.5) is 0 Å². The number of nitrogens with zero attached hydrogens (tertiary/aromatic N) is 3. The first kappa shape index (κ1) is 11.1. The van der Waals surface area contributed by atoms with Crippen molar-refractivity contribution in [1.29, 1.82) is 0 Å². The van der Waals surface area contributed by atoms with E-state index in [0.29, 0.717) is 11.4 Å². The van der Waals surface area contributed by atoms with Crippen molar-refractivity contribution in [2.75, 3.05) is 0 Å². The predicted molar refractivity (Wildman–Crippen MR) is 58.4 cm³/mol. The molecule has 7 heteroatoms. The van der Waals surface area contributed by atoms with Gasteiger partial charge in [0.2, 0.25) is 5.82 Å². The van der Waals surface area contributed by atoms with Gasteiger partial charge in [0.25, 0.3) is 5.56 Å². The number of rotatable bonds is 2. The Kier molecular flexibility index (Phi) is 2.51. The summed E-state index contributed by atoms with van der Waals surface area (Å²) in [5.41, 5.74) is 0.393. The summed E-state index contributed by atoms with van der Waals surface area (Å²) < 4.78 is 1.23. The molecule has 0 atom stereocenters. The van der Waals surface area contributed by atoms with Gasteiger partial charge in [-0.2, -0.15) is 5.10 Å². The Labute approximate surface area is 95.7 Å². The number of nitrogens with one attached hydrogen (secondary N) is 1. The van der Waals surface area contributed by atoms with Gasteiger partial charge in [-0.05, 0) is 13.8 Å². The van der Waals surface area contributed by atoms with Crippen LogP contribution in [0.1, 0.15) is 21.7 Å². The second-order valence-electron chi connectivity index (χ2n) is 3.50. The molecule has 0 aliphatic heterocycles. The minimum atomic E-state index is -1.07. The van der Waals surface area contributed by atoms with Crippen LogP contribution in [0.25, 0.3) is 5.82 Å². The Morgan fingerprint density at radius 2 is 2.18 bits per heavy atom. The van der Waals surface area contributed by atoms with Crippen LogP contribution < -0.4 is 5.56 Å². The molecular formula is C10H10N4O3. The van der Waals surface area contributed by atoms with Crippen LogP contribution in [-0.2, 0) is 0 Å². The molecule has 7 nitrogen and oxygen atoms in total. The van der Waals surface area contributed by atoms with E-state index < -0.39 is 11.5 Å². The minimum Gasteiger partial charge on any atom is -0.478 e. The fourth-order valence-corrected chi connectivity index (χ4v) is 1.65. The number of aromatic amines is 1. The van der Waals surface area contributed by atoms with Gasteiger partial charge in [-0.15, -0.1) is 0 Å². The zero-order chi connectivity index (χ0) is 12.6. The molecule has 0 spiro atoms. The van der Waals surface area contributed by atoms with Crippen molar-refractivity contribution in [2.24, 2.45) is 0 Å². The van der Waals surface area contributed by atoms with Crippen molar-refractivity contribution >= 4 is 5.97 Å². The zero-order valence-electron chi connectivity index (χ0n) is 9.26. The van der Waals surface area contributed by atoms with Crippen LogP contribution in [0.2, 0.25) is 0 Å². The molecule has 0 fully saturated rings. The van der Waals surface area contributed by atoms with Gasteiger partial charge < -0.3 is 10.1 Å². The lowest BCUT2D eigenvalue weighted by molar-refractivity contribution is 0.0695. The average molecular weight is 234 g/mol. The Balaban J connectivity index is 2.71. The number of carboxylic acid groups (broad SMARTS) is 1. The number of aryl methyl sites for hydroxylation is 1. The molecule has 2 rings (SSSR count). The second-order valence-corrected chi connectivity index (χ2v) is 3.50. The van der Waals surface area contributed by atoms with Crippen LogP contribution in [0.5, 0.6) is 0 Å². The maximum Gasteiger partial charge on any atom is 0.339 e. The van der Waals surface area contributed by atoms with Gasteiger partial charge in [0, 0.05) is 12.4 Å². The highest BCUT2D eigenvalue weighted by molar-refractivity contribution is 5.90. The normalized spacial score (nSPS) is 10.5. The first-order chi connectivity index (χ1) is 8.02. The third-order valence-corrected chi connectivity index (χ3v) is 2.39. The van der Waals surface area contributed by atoms with Gasteiger partial charge in [-0.1, -0.05) is 0 Å². The first-order valence-corrected chi connectivity index (χ1v) is 4.86. The number of H-pyrrole nitrogens is 1. The van der Waals surface area contributed by atoms with Gasteiger partial charge in [0.05, 0.1) is 11.4 Å². The van der Waals surface area contributed by atoms with Crippen molar-refractivity contribution in [2.45, 2.75) is 13.8 Å². The number of aromatic carboxylic acids is 1. The first-order valence-electron chi connectivity index (χ1n) is 4.86. The summed E-state index contributed by atoms with van der Waals surface area (Å²) in [6.45, 7) is 3.15. The topological polar surface area (TPSA) is 101 Å². The van der Waals surface area contributed by atoms with Gasteiger partial charge in [0.15, 0.2) is 0 Å². The molecule has 0 saturated heterocycles. The molecule has 0 unspecified atom stereocenters. The number of aromatic nitrogens is 4. The summed E-state index contributed by atoms with van der Waals surface area (Å²) in [6, 6.07) is 0. The molecule has 0 bridgehead atoms. The number of carbonyl (C=O) groups is 1. The standard InChI is InChI=1S/C10H10N4O3/c1-5-7(10(16)17)6(2)14(13-5)8-9(15)12-4-3-11-8/h3-4H,1-2H3,(H,12,15)(H,16,17). The Hall–Kier alpha value is -2.44. The Morgan fingerprint density at radius 1 is 1.47 bits per heavy atom. The van der Waals surface area contributed by atoms with Crippen molar-refractivity contribution in [3.63, 3.8) is 0 Å². The van der Waals surface area contributed by atoms with Gasteiger partial charge in [0.1, 0.15) is 5.56 Å². The molecule has 0 amide bonds. The van der Waals surface area contributed by atoms with E-state index in [1.807, 2.05) is 0 Å². The SMILES string of the molecule is Cc1nn(-c2ncc[nH]c2=O)c(C)c1C(=O)O. The quantitative estimate of drug-likeness (QED) is 0.776. The molecule has 0 aliphatic carbocycles. The maximum atomic E-state index is 11.5. The average Bonchev–Trinajstić information content (AvgIpc) is 2.55. The highest BCUT2D eigenvalue weighted by atomic mass is 16.4. The molecule has 2 heterocycles. The molecule has 0 aliphatic rings. The molecular weight excluding hydrogens is 224 g/mol. The largest absolute Gasteiger partial charge is 0.478 e. The summed E-state index contributed by atoms with van der Waals surface area (Å²) in [4.78, 5) is 28.9. The lowest BCUT2D eigenvalue weighted by Crippen LogP contribution is -2.18. The van der Waals surface area contributed by atoms with Crippen LogP contribution >= 0.6 is 0 Å². The summed E-state index contributed by atoms with van der Waals surface area (Å²) in [5, 5.41) is 13.0. The zero-order valence-corrected chi connectivity index (χ0v) is 9.26. The van der Waals surface area contributed by atoms with Crippen LogP contribution in [0, 0.1) is 13.8 Å². The fourth-order valence-electron chi connectivity index (χ4n) is 1.65. The van der Waals surface area contributed by atoms with Gasteiger partial charge >= 0.3 is 5.97 Å². The molecule has 2 N–H and O–H groups in total. The van der Waals surface area contributed by atoms with E-state index >= 15 is 0 Å². The smallest absolute Gasteiger partial charge is 0.339 e. The van der Waals surface area contributed by atoms with Crippen LogP contribution in [-0.4, -0.2) is 30.8 Å². The van der Waals surface area contributed by atoms with Crippen LogP contribution in [0.15, 0.2) is 17.2 Å². The molecule has 2 aromatic heterocycles. The number of carboxylic acids is 1. The van der Waals surface area contributed by atoms with Crippen molar-refractivity contribution < 1.29 is 9.90 Å². The Morgan fingerprint density at radius 3 is 2.71 bits per heavy atom. The summed E-state index contributed by atoms with van der Waals surface area (Å²) in [6.07, 6.45) is 2.81. The molecule has 0 saturated carbocycles. The van der Waals surface area contributed by atoms with E-state index in [4.69, 9.17) is 5.11 Å². The van der Waals surface area contributed by atoms with E-state index in [0.717, 1.165) is 0 Å². The van der Waals surface area contributed by atoms with Gasteiger partial charge in [-0.25, -0.2) is 14.5 Å². The van der Waals surface area contributed by atoms with E-state index in [1.54, 1.807) is 13.8 Å². The molecule has 17 heavy (non-hydrogen) atoms. The van der Waals surface area contributed by atoms with E-state index in [2.05, 4.69) is 15.1 Å². The number of hydrogen-bond donors (Lipinski definition) is 2. The lowest BCUT2D eigenvalue weighted by atomic mass is 10.2. The molecule has 0 radical (unpaired) electrons. The third-order valence-electron chi connectivity index (χ3n) is 2.39. The van der Waals surface area contributed by atoms with Crippen molar-refractivity contribution in [3.05, 3.63) is 39.7 Å². The van der Waals surface area contributed by atoms with Crippen LogP contribution in [0.3, 0.4) is 0 Å². The van der Waals surface area contributed by atoms with Gasteiger partial charge in [-0.3, -0.25) is 4.79 Å². The van der Waals surface area contributed by atoms with Crippen molar-refractivity contribution in [3.8, 4) is 5.82 Å². The summed E-state index contributed by atoms with van der Waals surface area (Å²) in [7, 11) is 0. The molecule has 2 aromatic rings. The number of hydrogen-bond acceptors (Lipinski definition) is 4. The van der Waals surface area contributed by atoms with E-state index in [1.165, 1.54) is 17.1 Å². The highest BCUT2D eigenvalue weighted by Crippen LogP contribution is 2.14. The molecule has 88 valence electrons. The summed E-state index contributed by atoms with van der Waals surface area (Å²) in [5.74, 6) is -1.01. The maximum absolute atomic E-state index is 11.5. The van der Waals surface area contributed by atoms with E-state index in [-0.39, 0.29) is 11.4 Å². The predicted octanol–water partition coefficient (Wildman–Crippen LogP) is 0.271. The Bertz CT molecular complexity index is 641. The van der Waals surface area contributed by atoms with E-state index in [9.17, 15) is 9.59 Å². The van der Waals surface area contributed by atoms with Crippen molar-refractivity contribution in [1.82, 2.24) is 19.7 Å². The monoisotopic (exact) mass is 234 g/mol. The lowest BCUT2D eigenvalue weighted by Gasteiger charge is -2.01.